The van der Waals surface area contributed by atoms with Gasteiger partial charge in [0.1, 0.15) is 18.1 Å². The SMILES string of the molecule is C[Si](C)(C)CCOCn1cnc(-c2cnn(C3(CC#N)CN(C4CCN(C(=O)Nc5ccncc5C(F)(F)F)CC4)C3)c2)c2ccnc1-2. The molecule has 48 heavy (non-hydrogen) atoms. The number of nitrogens with one attached hydrogen (secondary N) is 1. The van der Waals surface area contributed by atoms with Crippen molar-refractivity contribution in [3.05, 3.63) is 55.0 Å². The number of aromatic nitrogens is 6. The number of hydrogen-bond donors (Lipinski definition) is 1. The average Bonchev–Trinajstić information content (AvgIpc) is 3.72. The van der Waals surface area contributed by atoms with E-state index in [-0.39, 0.29) is 18.2 Å². The second kappa shape index (κ2) is 13.3. The molecule has 6 heterocycles. The molecule has 12 nitrogen and oxygen atoms in total. The second-order valence-electron chi connectivity index (χ2n) is 13.8. The van der Waals surface area contributed by atoms with E-state index in [1.807, 2.05) is 21.5 Å². The van der Waals surface area contributed by atoms with Gasteiger partial charge in [0, 0.05) is 82.8 Å². The van der Waals surface area contributed by atoms with Crippen LogP contribution in [0.15, 0.2) is 49.4 Å². The topological polar surface area (TPSA) is 130 Å². The number of hydrogen-bond acceptors (Lipinski definition) is 8. The maximum atomic E-state index is 13.3. The zero-order valence-corrected chi connectivity index (χ0v) is 28.2. The minimum atomic E-state index is -4.62. The molecule has 0 spiro atoms. The Bertz CT molecular complexity index is 1750. The number of fused-ring (bicyclic) bond motifs is 1. The zero-order chi connectivity index (χ0) is 34.1. The van der Waals surface area contributed by atoms with Gasteiger partial charge in [-0.2, -0.15) is 23.5 Å². The molecule has 0 radical (unpaired) electrons. The lowest BCUT2D eigenvalue weighted by Gasteiger charge is -2.53. The lowest BCUT2D eigenvalue weighted by atomic mass is 9.84. The molecule has 2 saturated heterocycles. The fourth-order valence-electron chi connectivity index (χ4n) is 6.37. The van der Waals surface area contributed by atoms with Crippen LogP contribution >= 0.6 is 0 Å². The van der Waals surface area contributed by atoms with Crippen molar-refractivity contribution in [1.82, 2.24) is 39.1 Å². The molecular weight excluding hydrogens is 642 g/mol. The summed E-state index contributed by atoms with van der Waals surface area (Å²) in [4.78, 5) is 29.5. The fraction of sp³-hybridized carbons (Fsp3) is 0.500. The van der Waals surface area contributed by atoms with Gasteiger partial charge in [-0.3, -0.25) is 19.1 Å². The molecule has 2 amide bonds. The minimum absolute atomic E-state index is 0.178. The molecular formula is C32H39F3N10O2Si. The van der Waals surface area contributed by atoms with Crippen molar-refractivity contribution >= 4 is 19.8 Å². The highest BCUT2D eigenvalue weighted by molar-refractivity contribution is 6.76. The Balaban J connectivity index is 1.07. The Kier molecular flexibility index (Phi) is 9.29. The largest absolute Gasteiger partial charge is 0.419 e. The summed E-state index contributed by atoms with van der Waals surface area (Å²) in [5, 5.41) is 16.8. The molecule has 2 fully saturated rings. The van der Waals surface area contributed by atoms with Gasteiger partial charge < -0.3 is 15.0 Å². The standard InChI is InChI=1S/C32H39F3N10O2Si/c1-48(2,3)15-14-47-22-44-21-39-28(25-4-11-38-29(25)44)23-16-40-45(18-23)31(8-9-36)19-43(20-31)24-6-12-42(13-7-24)30(46)41-27-5-10-37-17-26(27)32(33,34)35/h4-5,10-11,16-18,21,24H,6-8,12-15,19-20,22H2,1-3H3,(H,37,41,46). The van der Waals surface area contributed by atoms with Crippen LogP contribution in [0.3, 0.4) is 0 Å². The van der Waals surface area contributed by atoms with Crippen LogP contribution in [0.1, 0.15) is 24.8 Å². The summed E-state index contributed by atoms with van der Waals surface area (Å²) >= 11 is 0. The van der Waals surface area contributed by atoms with Crippen molar-refractivity contribution in [1.29, 1.82) is 5.26 Å². The van der Waals surface area contributed by atoms with Gasteiger partial charge in [0.25, 0.3) is 0 Å². The molecule has 0 aliphatic carbocycles. The smallest absolute Gasteiger partial charge is 0.361 e. The Hall–Kier alpha value is -4.33. The number of piperidine rings is 1. The summed E-state index contributed by atoms with van der Waals surface area (Å²) < 4.78 is 49.8. The highest BCUT2D eigenvalue weighted by Gasteiger charge is 2.48. The van der Waals surface area contributed by atoms with E-state index in [1.165, 1.54) is 11.1 Å². The van der Waals surface area contributed by atoms with Crippen molar-refractivity contribution in [2.45, 2.75) is 69.4 Å². The van der Waals surface area contributed by atoms with E-state index in [2.05, 4.69) is 51.0 Å². The Morgan fingerprint density at radius 2 is 1.92 bits per heavy atom. The first kappa shape index (κ1) is 33.6. The molecule has 0 atom stereocenters. The number of nitrogens with zero attached hydrogens (tertiary/aromatic N) is 9. The van der Waals surface area contributed by atoms with Crippen LogP contribution in [-0.4, -0.2) is 92.0 Å². The van der Waals surface area contributed by atoms with Crippen LogP contribution in [0.25, 0.3) is 22.6 Å². The first-order valence-corrected chi connectivity index (χ1v) is 19.7. The van der Waals surface area contributed by atoms with Crippen LogP contribution in [0.2, 0.25) is 25.7 Å². The van der Waals surface area contributed by atoms with Crippen molar-refractivity contribution < 1.29 is 22.7 Å². The summed E-state index contributed by atoms with van der Waals surface area (Å²) in [6.07, 6.45) is 6.13. The molecule has 0 bridgehead atoms. The number of carbonyl (C=O) groups is 1. The van der Waals surface area contributed by atoms with Crippen LogP contribution in [0.4, 0.5) is 23.7 Å². The van der Waals surface area contributed by atoms with Gasteiger partial charge in [-0.15, -0.1) is 0 Å². The lowest BCUT2D eigenvalue weighted by Crippen LogP contribution is -2.66. The number of alkyl halides is 3. The summed E-state index contributed by atoms with van der Waals surface area (Å²) in [6.45, 7) is 10.1. The van der Waals surface area contributed by atoms with E-state index in [4.69, 9.17) is 9.72 Å². The van der Waals surface area contributed by atoms with Gasteiger partial charge in [-0.1, -0.05) is 19.6 Å². The number of likely N-dealkylation sites (tertiary alicyclic amines) is 2. The minimum Gasteiger partial charge on any atom is -0.361 e. The number of rotatable bonds is 10. The normalized spacial score (nSPS) is 17.3. The highest BCUT2D eigenvalue weighted by atomic mass is 28.3. The van der Waals surface area contributed by atoms with Gasteiger partial charge in [-0.05, 0) is 31.0 Å². The maximum Gasteiger partial charge on any atom is 0.419 e. The number of carbonyl (C=O) groups excluding carboxylic acids is 1. The van der Waals surface area contributed by atoms with Crippen molar-refractivity contribution in [2.75, 3.05) is 38.1 Å². The molecule has 1 N–H and O–H groups in total. The molecule has 6 rings (SSSR count). The molecule has 254 valence electrons. The summed E-state index contributed by atoms with van der Waals surface area (Å²) in [5.74, 6) is 0.781. The van der Waals surface area contributed by atoms with E-state index in [1.54, 1.807) is 18.7 Å². The third kappa shape index (κ3) is 7.08. The van der Waals surface area contributed by atoms with Gasteiger partial charge in [-0.25, -0.2) is 14.8 Å². The van der Waals surface area contributed by atoms with Gasteiger partial charge >= 0.3 is 12.2 Å². The highest BCUT2D eigenvalue weighted by Crippen LogP contribution is 2.38. The van der Waals surface area contributed by atoms with Crippen molar-refractivity contribution in [2.24, 2.45) is 0 Å². The van der Waals surface area contributed by atoms with Gasteiger partial charge in [0.15, 0.2) is 0 Å². The third-order valence-corrected chi connectivity index (χ3v) is 10.8. The van der Waals surface area contributed by atoms with Crippen LogP contribution < -0.4 is 5.32 Å². The summed E-state index contributed by atoms with van der Waals surface area (Å²) in [5.41, 5.74) is 0.691. The molecule has 0 saturated carbocycles. The lowest BCUT2D eigenvalue weighted by molar-refractivity contribution is -0.137. The fourth-order valence-corrected chi connectivity index (χ4v) is 7.13. The predicted molar refractivity (Wildman–Crippen MR) is 175 cm³/mol. The molecule has 2 aromatic heterocycles. The van der Waals surface area contributed by atoms with E-state index >= 15 is 0 Å². The number of ether oxygens (including phenoxy) is 1. The van der Waals surface area contributed by atoms with E-state index in [9.17, 15) is 23.2 Å². The van der Waals surface area contributed by atoms with Crippen molar-refractivity contribution in [3.8, 4) is 28.7 Å². The number of halogens is 3. The number of anilines is 1. The molecule has 4 aliphatic heterocycles. The molecule has 2 aromatic rings. The van der Waals surface area contributed by atoms with E-state index in [0.717, 1.165) is 34.8 Å². The average molecular weight is 681 g/mol. The first-order valence-electron chi connectivity index (χ1n) is 16.0. The second-order valence-corrected chi connectivity index (χ2v) is 19.4. The quantitative estimate of drug-likeness (QED) is 0.170. The maximum absolute atomic E-state index is 13.3. The van der Waals surface area contributed by atoms with E-state index < -0.39 is 31.4 Å². The number of urea groups is 1. The van der Waals surface area contributed by atoms with Crippen LogP contribution in [-0.2, 0) is 23.2 Å². The van der Waals surface area contributed by atoms with Crippen LogP contribution in [0, 0.1) is 11.3 Å². The zero-order valence-electron chi connectivity index (χ0n) is 27.2. The molecule has 4 aliphatic rings. The molecule has 16 heteroatoms. The third-order valence-electron chi connectivity index (χ3n) is 9.14. The van der Waals surface area contributed by atoms with E-state index in [0.29, 0.717) is 58.6 Å². The monoisotopic (exact) mass is 680 g/mol. The summed E-state index contributed by atoms with van der Waals surface area (Å²) in [7, 11) is -1.19. The molecule has 0 aromatic carbocycles. The number of nitriles is 1. The molecule has 0 unspecified atom stereocenters. The predicted octanol–water partition coefficient (Wildman–Crippen LogP) is 5.59. The Morgan fingerprint density at radius 1 is 1.15 bits per heavy atom. The Labute approximate surface area is 277 Å². The first-order chi connectivity index (χ1) is 22.9. The van der Waals surface area contributed by atoms with Crippen molar-refractivity contribution in [3.63, 3.8) is 0 Å². The number of pyridine rings is 1. The van der Waals surface area contributed by atoms with Gasteiger partial charge in [0.2, 0.25) is 0 Å². The van der Waals surface area contributed by atoms with Gasteiger partial charge in [0.05, 0.1) is 42.0 Å². The van der Waals surface area contributed by atoms with Crippen LogP contribution in [0.5, 0.6) is 0 Å². The Morgan fingerprint density at radius 3 is 2.62 bits per heavy atom. The number of amides is 2. The summed E-state index contributed by atoms with van der Waals surface area (Å²) in [6, 6.07) is 6.11.